The summed E-state index contributed by atoms with van der Waals surface area (Å²) < 4.78 is 13.9. The molecule has 0 bridgehead atoms. The van der Waals surface area contributed by atoms with Gasteiger partial charge in [-0.1, -0.05) is 24.6 Å². The van der Waals surface area contributed by atoms with Gasteiger partial charge in [0.1, 0.15) is 5.82 Å². The molecule has 1 saturated carbocycles. The molecule has 0 aliphatic heterocycles. The van der Waals surface area contributed by atoms with Gasteiger partial charge < -0.3 is 11.1 Å². The van der Waals surface area contributed by atoms with E-state index in [9.17, 15) is 9.18 Å². The van der Waals surface area contributed by atoms with Gasteiger partial charge in [-0.25, -0.2) is 4.39 Å². The summed E-state index contributed by atoms with van der Waals surface area (Å²) in [6.07, 6.45) is 3.11. The number of benzene rings is 1. The molecule has 1 fully saturated rings. The number of carbonyl (C=O) groups excluding carboxylic acids is 1. The Hall–Kier alpha value is -1.13. The van der Waals surface area contributed by atoms with Crippen molar-refractivity contribution in [3.63, 3.8) is 0 Å². The van der Waals surface area contributed by atoms with E-state index in [-0.39, 0.29) is 30.2 Å². The second-order valence-electron chi connectivity index (χ2n) is 6.11. The van der Waals surface area contributed by atoms with Crippen LogP contribution in [0.2, 0.25) is 0 Å². The van der Waals surface area contributed by atoms with Crippen molar-refractivity contribution in [2.75, 3.05) is 6.54 Å². The number of carbonyl (C=O) groups is 1. The van der Waals surface area contributed by atoms with Crippen LogP contribution in [0.3, 0.4) is 0 Å². The van der Waals surface area contributed by atoms with Gasteiger partial charge >= 0.3 is 0 Å². The SMILES string of the molecule is CC(C)(C(=O)NC1CCCC1CN)c1ccccc1F.Cl. The van der Waals surface area contributed by atoms with Gasteiger partial charge in [0.2, 0.25) is 5.91 Å². The van der Waals surface area contributed by atoms with Crippen LogP contribution in [0.5, 0.6) is 0 Å². The van der Waals surface area contributed by atoms with E-state index in [0.717, 1.165) is 19.3 Å². The van der Waals surface area contributed by atoms with Crippen LogP contribution in [0.4, 0.5) is 4.39 Å². The second kappa shape index (κ2) is 7.23. The molecule has 2 atom stereocenters. The number of hydrogen-bond acceptors (Lipinski definition) is 2. The van der Waals surface area contributed by atoms with E-state index in [4.69, 9.17) is 5.73 Å². The van der Waals surface area contributed by atoms with Gasteiger partial charge in [-0.15, -0.1) is 12.4 Å². The lowest BCUT2D eigenvalue weighted by Crippen LogP contribution is -2.47. The average Bonchev–Trinajstić information content (AvgIpc) is 2.86. The van der Waals surface area contributed by atoms with Crippen molar-refractivity contribution < 1.29 is 9.18 Å². The molecule has 0 spiro atoms. The molecule has 1 amide bonds. The van der Waals surface area contributed by atoms with Crippen LogP contribution in [0.1, 0.15) is 38.7 Å². The Kier molecular flexibility index (Phi) is 6.17. The third kappa shape index (κ3) is 3.74. The van der Waals surface area contributed by atoms with Crippen LogP contribution in [-0.2, 0) is 10.2 Å². The molecule has 1 aliphatic rings. The number of amides is 1. The lowest BCUT2D eigenvalue weighted by atomic mass is 9.83. The maximum absolute atomic E-state index is 13.9. The Morgan fingerprint density at radius 2 is 2.05 bits per heavy atom. The minimum Gasteiger partial charge on any atom is -0.352 e. The summed E-state index contributed by atoms with van der Waals surface area (Å²) in [7, 11) is 0. The Labute approximate surface area is 131 Å². The van der Waals surface area contributed by atoms with Crippen molar-refractivity contribution >= 4 is 18.3 Å². The van der Waals surface area contributed by atoms with Gasteiger partial charge in [-0.3, -0.25) is 4.79 Å². The summed E-state index contributed by atoms with van der Waals surface area (Å²) in [5, 5.41) is 3.06. The molecular weight excluding hydrogens is 291 g/mol. The summed E-state index contributed by atoms with van der Waals surface area (Å²) >= 11 is 0. The van der Waals surface area contributed by atoms with Gasteiger partial charge in [0.15, 0.2) is 0 Å². The lowest BCUT2D eigenvalue weighted by Gasteiger charge is -2.28. The topological polar surface area (TPSA) is 55.1 Å². The van der Waals surface area contributed by atoms with Crippen molar-refractivity contribution in [3.05, 3.63) is 35.6 Å². The summed E-state index contributed by atoms with van der Waals surface area (Å²) in [5.41, 5.74) is 5.28. The Morgan fingerprint density at radius 1 is 1.38 bits per heavy atom. The first-order valence-electron chi connectivity index (χ1n) is 7.23. The number of rotatable bonds is 4. The molecule has 0 heterocycles. The minimum atomic E-state index is -0.882. The lowest BCUT2D eigenvalue weighted by molar-refractivity contribution is -0.126. The van der Waals surface area contributed by atoms with Gasteiger partial charge in [0.25, 0.3) is 0 Å². The van der Waals surface area contributed by atoms with E-state index in [1.165, 1.54) is 6.07 Å². The van der Waals surface area contributed by atoms with Crippen LogP contribution in [0.15, 0.2) is 24.3 Å². The Morgan fingerprint density at radius 3 is 2.67 bits per heavy atom. The summed E-state index contributed by atoms with van der Waals surface area (Å²) in [6, 6.07) is 6.57. The highest BCUT2D eigenvalue weighted by atomic mass is 35.5. The quantitative estimate of drug-likeness (QED) is 0.898. The van der Waals surface area contributed by atoms with Gasteiger partial charge in [0, 0.05) is 11.6 Å². The standard InChI is InChI=1S/C16H23FN2O.ClH/c1-16(2,12-7-3-4-8-13(12)17)15(20)19-14-9-5-6-11(14)10-18;/h3-4,7-8,11,14H,5-6,9-10,18H2,1-2H3,(H,19,20);1H. The normalized spacial score (nSPS) is 21.7. The van der Waals surface area contributed by atoms with Gasteiger partial charge in [0.05, 0.1) is 5.41 Å². The number of nitrogens with one attached hydrogen (secondary N) is 1. The predicted molar refractivity (Wildman–Crippen MR) is 85.0 cm³/mol. The van der Waals surface area contributed by atoms with E-state index in [2.05, 4.69) is 5.32 Å². The summed E-state index contributed by atoms with van der Waals surface area (Å²) in [5.74, 6) is -0.127. The molecule has 118 valence electrons. The van der Waals surface area contributed by atoms with Crippen molar-refractivity contribution in [3.8, 4) is 0 Å². The van der Waals surface area contributed by atoms with Gasteiger partial charge in [-0.2, -0.15) is 0 Å². The molecule has 5 heteroatoms. The first-order valence-corrected chi connectivity index (χ1v) is 7.23. The molecule has 3 nitrogen and oxygen atoms in total. The van der Waals surface area contributed by atoms with Crippen molar-refractivity contribution in [1.29, 1.82) is 0 Å². The van der Waals surface area contributed by atoms with Crippen LogP contribution >= 0.6 is 12.4 Å². The third-order valence-electron chi connectivity index (χ3n) is 4.39. The average molecular weight is 315 g/mol. The van der Waals surface area contributed by atoms with E-state index in [1.54, 1.807) is 32.0 Å². The van der Waals surface area contributed by atoms with Crippen molar-refractivity contribution in [2.24, 2.45) is 11.7 Å². The number of hydrogen-bond donors (Lipinski definition) is 2. The Balaban J connectivity index is 0.00000220. The molecule has 1 aromatic carbocycles. The molecule has 0 aromatic heterocycles. The molecule has 0 radical (unpaired) electrons. The number of halogens is 2. The van der Waals surface area contributed by atoms with E-state index in [0.29, 0.717) is 18.0 Å². The fourth-order valence-corrected chi connectivity index (χ4v) is 2.95. The monoisotopic (exact) mass is 314 g/mol. The molecule has 2 unspecified atom stereocenters. The fourth-order valence-electron chi connectivity index (χ4n) is 2.95. The van der Waals surface area contributed by atoms with Crippen molar-refractivity contribution in [1.82, 2.24) is 5.32 Å². The molecule has 1 aromatic rings. The molecular formula is C16H24ClFN2O. The second-order valence-corrected chi connectivity index (χ2v) is 6.11. The highest BCUT2D eigenvalue weighted by Gasteiger charge is 2.36. The Bertz CT molecular complexity index is 493. The highest BCUT2D eigenvalue weighted by Crippen LogP contribution is 2.29. The molecule has 1 aliphatic carbocycles. The highest BCUT2D eigenvalue weighted by molar-refractivity contribution is 5.87. The largest absolute Gasteiger partial charge is 0.352 e. The fraction of sp³-hybridized carbons (Fsp3) is 0.562. The van der Waals surface area contributed by atoms with E-state index < -0.39 is 5.41 Å². The zero-order valence-electron chi connectivity index (χ0n) is 12.6. The third-order valence-corrected chi connectivity index (χ3v) is 4.39. The smallest absolute Gasteiger partial charge is 0.230 e. The van der Waals surface area contributed by atoms with Crippen LogP contribution in [-0.4, -0.2) is 18.5 Å². The van der Waals surface area contributed by atoms with E-state index >= 15 is 0 Å². The van der Waals surface area contributed by atoms with Crippen LogP contribution in [0.25, 0.3) is 0 Å². The zero-order valence-corrected chi connectivity index (χ0v) is 13.4. The first kappa shape index (κ1) is 17.9. The molecule has 0 saturated heterocycles. The zero-order chi connectivity index (χ0) is 14.8. The first-order chi connectivity index (χ1) is 9.46. The van der Waals surface area contributed by atoms with Crippen molar-refractivity contribution in [2.45, 2.75) is 44.6 Å². The summed E-state index contributed by atoms with van der Waals surface area (Å²) in [6.45, 7) is 4.10. The van der Waals surface area contributed by atoms with Crippen LogP contribution in [0, 0.1) is 11.7 Å². The van der Waals surface area contributed by atoms with Crippen LogP contribution < -0.4 is 11.1 Å². The predicted octanol–water partition coefficient (Wildman–Crippen LogP) is 2.77. The summed E-state index contributed by atoms with van der Waals surface area (Å²) in [4.78, 5) is 12.5. The van der Waals surface area contributed by atoms with E-state index in [1.807, 2.05) is 0 Å². The molecule has 2 rings (SSSR count). The molecule has 21 heavy (non-hydrogen) atoms. The molecule has 3 N–H and O–H groups in total. The minimum absolute atomic E-state index is 0. The maximum atomic E-state index is 13.9. The maximum Gasteiger partial charge on any atom is 0.230 e. The number of nitrogens with two attached hydrogens (primary N) is 1. The van der Waals surface area contributed by atoms with Gasteiger partial charge in [-0.05, 0) is 45.2 Å².